The molecule has 7 N–H and O–H groups in total. The second-order valence-electron chi connectivity index (χ2n) is 7.62. The summed E-state index contributed by atoms with van der Waals surface area (Å²) in [7, 11) is 3.17. The van der Waals surface area contributed by atoms with E-state index in [1.165, 1.54) is 13.3 Å². The molecule has 8 heteroatoms. The number of hydrogen-bond donors (Lipinski definition) is 5. The number of carbonyl (C=O) groups is 1. The first-order valence-electron chi connectivity index (χ1n) is 10.4. The number of benzene rings is 2. The number of hydrogen-bond acceptors (Lipinski definition) is 8. The highest BCUT2D eigenvalue weighted by Gasteiger charge is 2.26. The van der Waals surface area contributed by atoms with E-state index < -0.39 is 0 Å². The van der Waals surface area contributed by atoms with Gasteiger partial charge in [-0.3, -0.25) is 0 Å². The molecule has 0 amide bonds. The Morgan fingerprint density at radius 1 is 1.25 bits per heavy atom. The summed E-state index contributed by atoms with van der Waals surface area (Å²) >= 11 is 0. The smallest absolute Gasteiger partial charge is 0.337 e. The van der Waals surface area contributed by atoms with Crippen LogP contribution >= 0.6 is 0 Å². The average molecular weight is 435 g/mol. The predicted octanol–water partition coefficient (Wildman–Crippen LogP) is 3.06. The van der Waals surface area contributed by atoms with E-state index in [1.54, 1.807) is 30.4 Å². The van der Waals surface area contributed by atoms with Gasteiger partial charge in [-0.2, -0.15) is 0 Å². The molecule has 2 aromatic carbocycles. The average Bonchev–Trinajstić information content (AvgIpc) is 2.93. The van der Waals surface area contributed by atoms with E-state index in [2.05, 4.69) is 16.7 Å². The summed E-state index contributed by atoms with van der Waals surface area (Å²) in [6.07, 6.45) is 3.81. The Hall–Kier alpha value is -3.78. The van der Waals surface area contributed by atoms with Crippen molar-refractivity contribution >= 4 is 29.1 Å². The quantitative estimate of drug-likeness (QED) is 0.268. The third kappa shape index (κ3) is 4.76. The van der Waals surface area contributed by atoms with Crippen LogP contribution in [0.1, 0.15) is 46.4 Å². The highest BCUT2D eigenvalue weighted by molar-refractivity contribution is 6.08. The highest BCUT2D eigenvalue weighted by atomic mass is 16.5. The minimum Gasteiger partial charge on any atom is -0.465 e. The van der Waals surface area contributed by atoms with Crippen LogP contribution in [0.4, 0.5) is 5.69 Å². The van der Waals surface area contributed by atoms with Crippen molar-refractivity contribution in [2.75, 3.05) is 26.0 Å². The van der Waals surface area contributed by atoms with Gasteiger partial charge >= 0.3 is 5.97 Å². The lowest BCUT2D eigenvalue weighted by Crippen LogP contribution is -2.31. The molecular weight excluding hydrogens is 404 g/mol. The lowest BCUT2D eigenvalue weighted by atomic mass is 9.92. The predicted molar refractivity (Wildman–Crippen MR) is 129 cm³/mol. The van der Waals surface area contributed by atoms with Crippen LogP contribution in [0.15, 0.2) is 54.4 Å². The third-order valence-corrected chi connectivity index (χ3v) is 5.41. The van der Waals surface area contributed by atoms with Gasteiger partial charge in [-0.25, -0.2) is 10.6 Å². The normalized spacial score (nSPS) is 17.7. The highest BCUT2D eigenvalue weighted by Crippen LogP contribution is 2.36. The van der Waals surface area contributed by atoms with Crippen LogP contribution in [0.3, 0.4) is 0 Å². The molecule has 2 aromatic rings. The summed E-state index contributed by atoms with van der Waals surface area (Å²) in [5.74, 6) is 5.97. The minimum absolute atomic E-state index is 0.0951. The first kappa shape index (κ1) is 22.9. The van der Waals surface area contributed by atoms with E-state index in [4.69, 9.17) is 21.7 Å². The Kier molecular flexibility index (Phi) is 7.17. The fraction of sp³-hybridized carbons (Fsp3) is 0.250. The van der Waals surface area contributed by atoms with Gasteiger partial charge in [0.2, 0.25) is 0 Å². The Balaban J connectivity index is 2.11. The van der Waals surface area contributed by atoms with Gasteiger partial charge in [0.25, 0.3) is 0 Å². The zero-order valence-corrected chi connectivity index (χ0v) is 18.6. The van der Waals surface area contributed by atoms with E-state index >= 15 is 0 Å². The first-order valence-corrected chi connectivity index (χ1v) is 10.4. The van der Waals surface area contributed by atoms with Gasteiger partial charge in [-0.1, -0.05) is 18.2 Å². The van der Waals surface area contributed by atoms with Crippen molar-refractivity contribution < 1.29 is 9.53 Å². The van der Waals surface area contributed by atoms with Crippen LogP contribution in [-0.4, -0.2) is 37.9 Å². The van der Waals surface area contributed by atoms with Crippen molar-refractivity contribution in [2.24, 2.45) is 11.6 Å². The monoisotopic (exact) mass is 434 g/mol. The van der Waals surface area contributed by atoms with Crippen LogP contribution in [0, 0.1) is 5.41 Å². The molecule has 168 valence electrons. The number of nitrogens with two attached hydrogens (primary N) is 2. The number of hydrazine groups is 1. The molecule has 1 atom stereocenters. The van der Waals surface area contributed by atoms with Gasteiger partial charge in [-0.05, 0) is 48.7 Å². The standard InChI is InChI=1S/C24H30N6O2/c1-15(26)23-20-8-7-16(18(13-25)14-28-2)12-21(20)22(9-10-30(23)27)29-19-6-4-5-17(11-19)24(31)32-3/h4-8,11-14,22,25,28-29H,9-10,26-27H2,1-3H3/b18-14+,23-15-,25-13?. The van der Waals surface area contributed by atoms with Crippen LogP contribution in [0.25, 0.3) is 11.3 Å². The van der Waals surface area contributed by atoms with Crippen LogP contribution in [-0.2, 0) is 4.74 Å². The maximum atomic E-state index is 12.0. The van der Waals surface area contributed by atoms with E-state index in [0.717, 1.165) is 33.6 Å². The number of nitrogens with zero attached hydrogens (tertiary/aromatic N) is 1. The number of carbonyl (C=O) groups excluding carboxylic acids is 1. The molecule has 0 aromatic heterocycles. The molecule has 0 saturated carbocycles. The van der Waals surface area contributed by atoms with Crippen molar-refractivity contribution in [1.29, 1.82) is 5.41 Å². The molecule has 32 heavy (non-hydrogen) atoms. The molecule has 0 saturated heterocycles. The summed E-state index contributed by atoms with van der Waals surface area (Å²) in [6, 6.07) is 13.1. The minimum atomic E-state index is -0.387. The Morgan fingerprint density at radius 3 is 2.69 bits per heavy atom. The van der Waals surface area contributed by atoms with Crippen LogP contribution in [0.5, 0.6) is 0 Å². The van der Waals surface area contributed by atoms with Crippen molar-refractivity contribution in [3.8, 4) is 0 Å². The summed E-state index contributed by atoms with van der Waals surface area (Å²) < 4.78 is 4.85. The molecule has 3 rings (SSSR count). The number of allylic oxidation sites excluding steroid dienone is 2. The number of nitrogens with one attached hydrogen (secondary N) is 3. The fourth-order valence-electron chi connectivity index (χ4n) is 3.94. The van der Waals surface area contributed by atoms with E-state index in [9.17, 15) is 4.79 Å². The number of fused-ring (bicyclic) bond motifs is 1. The summed E-state index contributed by atoms with van der Waals surface area (Å²) in [4.78, 5) is 12.0. The number of ether oxygens (including phenoxy) is 1. The van der Waals surface area contributed by atoms with Gasteiger partial charge in [0.05, 0.1) is 24.4 Å². The summed E-state index contributed by atoms with van der Waals surface area (Å²) in [5, 5.41) is 16.0. The lowest BCUT2D eigenvalue weighted by Gasteiger charge is -2.22. The van der Waals surface area contributed by atoms with Gasteiger partial charge in [-0.15, -0.1) is 0 Å². The molecule has 1 unspecified atom stereocenters. The summed E-state index contributed by atoms with van der Waals surface area (Å²) in [5.41, 5.74) is 12.5. The van der Waals surface area contributed by atoms with E-state index in [0.29, 0.717) is 24.2 Å². The van der Waals surface area contributed by atoms with Gasteiger partial charge in [0, 0.05) is 48.5 Å². The second kappa shape index (κ2) is 10.0. The van der Waals surface area contributed by atoms with Crippen molar-refractivity contribution in [1.82, 2.24) is 10.3 Å². The van der Waals surface area contributed by atoms with E-state index in [1.807, 2.05) is 31.2 Å². The van der Waals surface area contributed by atoms with Crippen molar-refractivity contribution in [3.63, 3.8) is 0 Å². The number of methoxy groups -OCH3 is 1. The molecule has 0 spiro atoms. The molecule has 1 aliphatic heterocycles. The largest absolute Gasteiger partial charge is 0.465 e. The number of rotatable bonds is 6. The van der Waals surface area contributed by atoms with E-state index in [-0.39, 0.29) is 12.0 Å². The van der Waals surface area contributed by atoms with Gasteiger partial charge in [0.15, 0.2) is 0 Å². The van der Waals surface area contributed by atoms with Gasteiger partial charge in [0.1, 0.15) is 0 Å². The number of anilines is 1. The van der Waals surface area contributed by atoms with Crippen LogP contribution in [0.2, 0.25) is 0 Å². The Labute approximate surface area is 188 Å². The molecular formula is C24H30N6O2. The Bertz CT molecular complexity index is 1070. The molecule has 8 nitrogen and oxygen atoms in total. The maximum Gasteiger partial charge on any atom is 0.337 e. The molecule has 0 bridgehead atoms. The fourth-order valence-corrected chi connectivity index (χ4v) is 3.94. The first-order chi connectivity index (χ1) is 15.4. The molecule has 1 heterocycles. The summed E-state index contributed by atoms with van der Waals surface area (Å²) in [6.45, 7) is 2.43. The molecule has 0 fully saturated rings. The van der Waals surface area contributed by atoms with Crippen molar-refractivity contribution in [3.05, 3.63) is 76.6 Å². The second-order valence-corrected chi connectivity index (χ2v) is 7.62. The SMILES string of the molecule is CN/C=C(\C=N)c1ccc2c(c1)C(Nc1cccc(C(=O)OC)c1)CCN(N)/C2=C(/C)N. The number of esters is 1. The topological polar surface area (TPSA) is 129 Å². The van der Waals surface area contributed by atoms with Crippen LogP contribution < -0.4 is 22.2 Å². The lowest BCUT2D eigenvalue weighted by molar-refractivity contribution is 0.0601. The van der Waals surface area contributed by atoms with Gasteiger partial charge < -0.3 is 31.5 Å². The molecule has 0 radical (unpaired) electrons. The Morgan fingerprint density at radius 2 is 2.03 bits per heavy atom. The molecule has 0 aliphatic carbocycles. The van der Waals surface area contributed by atoms with Crippen molar-refractivity contribution in [2.45, 2.75) is 19.4 Å². The maximum absolute atomic E-state index is 12.0. The zero-order chi connectivity index (χ0) is 23.3. The third-order valence-electron chi connectivity index (χ3n) is 5.41. The molecule has 1 aliphatic rings. The zero-order valence-electron chi connectivity index (χ0n) is 18.6.